The third kappa shape index (κ3) is 6.99. The van der Waals surface area contributed by atoms with Gasteiger partial charge in [0.1, 0.15) is 5.82 Å². The fraction of sp³-hybridized carbons (Fsp3) is 0.417. The molecule has 1 aromatic rings. The maximum absolute atomic E-state index is 11.6. The Morgan fingerprint density at radius 3 is 2.84 bits per heavy atom. The Morgan fingerprint density at radius 2 is 2.21 bits per heavy atom. The summed E-state index contributed by atoms with van der Waals surface area (Å²) in [6, 6.07) is 5.32. The van der Waals surface area contributed by atoms with Crippen LogP contribution in [0.25, 0.3) is 0 Å². The number of hydrogen-bond donors (Lipinski definition) is 3. The third-order valence-electron chi connectivity index (χ3n) is 2.34. The van der Waals surface area contributed by atoms with Crippen molar-refractivity contribution in [1.82, 2.24) is 15.3 Å². The fourth-order valence-corrected chi connectivity index (χ4v) is 1.43. The summed E-state index contributed by atoms with van der Waals surface area (Å²) in [6.07, 6.45) is 2.25. The molecule has 0 atom stereocenters. The Kier molecular flexibility index (Phi) is 6.31. The number of aromatic nitrogens is 1. The SMILES string of the molecule is CN(CCCC(=O)O)CC(=O)NNc1ccccn1. The van der Waals surface area contributed by atoms with E-state index in [9.17, 15) is 9.59 Å². The topological polar surface area (TPSA) is 94.6 Å². The van der Waals surface area contributed by atoms with Gasteiger partial charge in [0.15, 0.2) is 0 Å². The van der Waals surface area contributed by atoms with Gasteiger partial charge in [-0.3, -0.25) is 25.3 Å². The van der Waals surface area contributed by atoms with E-state index in [4.69, 9.17) is 5.11 Å². The number of aliphatic carboxylic acids is 1. The largest absolute Gasteiger partial charge is 0.481 e. The summed E-state index contributed by atoms with van der Waals surface area (Å²) in [5.74, 6) is -0.470. The molecule has 3 N–H and O–H groups in total. The second-order valence-electron chi connectivity index (χ2n) is 4.12. The third-order valence-corrected chi connectivity index (χ3v) is 2.34. The molecule has 0 aliphatic rings. The molecule has 0 aliphatic carbocycles. The molecule has 0 saturated carbocycles. The first-order valence-corrected chi connectivity index (χ1v) is 5.94. The summed E-state index contributed by atoms with van der Waals surface area (Å²) in [4.78, 5) is 27.7. The molecule has 0 unspecified atom stereocenters. The first kappa shape index (κ1) is 14.9. The lowest BCUT2D eigenvalue weighted by Gasteiger charge is -2.15. The van der Waals surface area contributed by atoms with E-state index in [1.165, 1.54) is 0 Å². The Labute approximate surface area is 111 Å². The van der Waals surface area contributed by atoms with Crippen molar-refractivity contribution in [1.29, 1.82) is 0 Å². The Hall–Kier alpha value is -2.15. The summed E-state index contributed by atoms with van der Waals surface area (Å²) in [7, 11) is 1.77. The number of nitrogens with one attached hydrogen (secondary N) is 2. The average molecular weight is 266 g/mol. The lowest BCUT2D eigenvalue weighted by Crippen LogP contribution is -2.38. The minimum atomic E-state index is -0.824. The molecule has 104 valence electrons. The normalized spacial score (nSPS) is 10.2. The molecule has 1 aromatic heterocycles. The molecule has 19 heavy (non-hydrogen) atoms. The molecule has 0 fully saturated rings. The van der Waals surface area contributed by atoms with E-state index in [0.29, 0.717) is 18.8 Å². The number of rotatable bonds is 8. The van der Waals surface area contributed by atoms with E-state index in [-0.39, 0.29) is 18.9 Å². The monoisotopic (exact) mass is 266 g/mol. The Balaban J connectivity index is 2.18. The van der Waals surface area contributed by atoms with Gasteiger partial charge in [-0.25, -0.2) is 4.98 Å². The van der Waals surface area contributed by atoms with Gasteiger partial charge in [-0.2, -0.15) is 0 Å². The number of hydrazine groups is 1. The highest BCUT2D eigenvalue weighted by Gasteiger charge is 2.07. The van der Waals surface area contributed by atoms with Gasteiger partial charge in [0.2, 0.25) is 0 Å². The van der Waals surface area contributed by atoms with E-state index in [0.717, 1.165) is 0 Å². The summed E-state index contributed by atoms with van der Waals surface area (Å²) >= 11 is 0. The first-order valence-electron chi connectivity index (χ1n) is 5.94. The highest BCUT2D eigenvalue weighted by atomic mass is 16.4. The smallest absolute Gasteiger partial charge is 0.303 e. The maximum Gasteiger partial charge on any atom is 0.303 e. The molecular weight excluding hydrogens is 248 g/mol. The van der Waals surface area contributed by atoms with Crippen LogP contribution in [-0.4, -0.2) is 47.0 Å². The standard InChI is InChI=1S/C12H18N4O3/c1-16(8-4-6-12(18)19)9-11(17)15-14-10-5-2-3-7-13-10/h2-3,5,7H,4,6,8-9H2,1H3,(H,13,14)(H,15,17)(H,18,19). The van der Waals surface area contributed by atoms with Gasteiger partial charge >= 0.3 is 5.97 Å². The molecule has 0 bridgehead atoms. The van der Waals surface area contributed by atoms with Crippen molar-refractivity contribution in [3.8, 4) is 0 Å². The van der Waals surface area contributed by atoms with Crippen molar-refractivity contribution in [3.05, 3.63) is 24.4 Å². The molecule has 0 aromatic carbocycles. The van der Waals surface area contributed by atoms with Crippen LogP contribution in [0.5, 0.6) is 0 Å². The van der Waals surface area contributed by atoms with Gasteiger partial charge < -0.3 is 5.11 Å². The molecule has 7 nitrogen and oxygen atoms in total. The highest BCUT2D eigenvalue weighted by molar-refractivity contribution is 5.79. The zero-order chi connectivity index (χ0) is 14.1. The van der Waals surface area contributed by atoms with Crippen molar-refractivity contribution in [2.24, 2.45) is 0 Å². The quantitative estimate of drug-likeness (QED) is 0.587. The van der Waals surface area contributed by atoms with Gasteiger partial charge in [0.25, 0.3) is 5.91 Å². The van der Waals surface area contributed by atoms with Crippen molar-refractivity contribution >= 4 is 17.7 Å². The average Bonchev–Trinajstić information content (AvgIpc) is 2.37. The van der Waals surface area contributed by atoms with Crippen LogP contribution in [0.3, 0.4) is 0 Å². The zero-order valence-corrected chi connectivity index (χ0v) is 10.8. The summed E-state index contributed by atoms with van der Waals surface area (Å²) in [5.41, 5.74) is 5.21. The lowest BCUT2D eigenvalue weighted by atomic mass is 10.3. The molecule has 1 rings (SSSR count). The minimum Gasteiger partial charge on any atom is -0.481 e. The number of likely N-dealkylation sites (N-methyl/N-ethyl adjacent to an activating group) is 1. The highest BCUT2D eigenvalue weighted by Crippen LogP contribution is 1.97. The van der Waals surface area contributed by atoms with E-state index < -0.39 is 5.97 Å². The molecular formula is C12H18N4O3. The second-order valence-corrected chi connectivity index (χ2v) is 4.12. The number of carboxylic acids is 1. The molecule has 0 aliphatic heterocycles. The van der Waals surface area contributed by atoms with Crippen LogP contribution in [0, 0.1) is 0 Å². The van der Waals surface area contributed by atoms with E-state index in [2.05, 4.69) is 15.8 Å². The number of nitrogens with zero attached hydrogens (tertiary/aromatic N) is 2. The van der Waals surface area contributed by atoms with Crippen LogP contribution < -0.4 is 10.9 Å². The Bertz CT molecular complexity index is 411. The number of carbonyl (C=O) groups excluding carboxylic acids is 1. The number of carboxylic acid groups (broad SMARTS) is 1. The van der Waals surface area contributed by atoms with Crippen LogP contribution in [-0.2, 0) is 9.59 Å². The Morgan fingerprint density at radius 1 is 1.42 bits per heavy atom. The minimum absolute atomic E-state index is 0.109. The van der Waals surface area contributed by atoms with Gasteiger partial charge in [0.05, 0.1) is 6.54 Å². The van der Waals surface area contributed by atoms with Crippen molar-refractivity contribution < 1.29 is 14.7 Å². The second kappa shape index (κ2) is 8.04. The predicted molar refractivity (Wildman–Crippen MR) is 70.4 cm³/mol. The van der Waals surface area contributed by atoms with Crippen LogP contribution in [0.1, 0.15) is 12.8 Å². The molecule has 0 saturated heterocycles. The predicted octanol–water partition coefficient (Wildman–Crippen LogP) is 0.321. The van der Waals surface area contributed by atoms with E-state index in [1.54, 1.807) is 36.3 Å². The van der Waals surface area contributed by atoms with Gasteiger partial charge in [0, 0.05) is 12.6 Å². The fourth-order valence-electron chi connectivity index (χ4n) is 1.43. The summed E-state index contributed by atoms with van der Waals surface area (Å²) < 4.78 is 0. The number of hydrogen-bond acceptors (Lipinski definition) is 5. The molecule has 0 spiro atoms. The number of anilines is 1. The van der Waals surface area contributed by atoms with Crippen molar-refractivity contribution in [2.45, 2.75) is 12.8 Å². The van der Waals surface area contributed by atoms with Crippen molar-refractivity contribution in [3.63, 3.8) is 0 Å². The van der Waals surface area contributed by atoms with E-state index in [1.807, 2.05) is 0 Å². The van der Waals surface area contributed by atoms with Gasteiger partial charge in [-0.05, 0) is 32.1 Å². The summed E-state index contributed by atoms with van der Waals surface area (Å²) in [6.45, 7) is 0.753. The maximum atomic E-state index is 11.6. The van der Waals surface area contributed by atoms with E-state index >= 15 is 0 Å². The molecule has 1 amide bonds. The lowest BCUT2D eigenvalue weighted by molar-refractivity contribution is -0.137. The van der Waals surface area contributed by atoms with Crippen LogP contribution in [0.15, 0.2) is 24.4 Å². The first-order chi connectivity index (χ1) is 9.08. The number of amides is 1. The molecule has 1 heterocycles. The number of carbonyl (C=O) groups is 2. The molecule has 7 heteroatoms. The number of pyridine rings is 1. The van der Waals surface area contributed by atoms with Crippen LogP contribution in [0.4, 0.5) is 5.82 Å². The van der Waals surface area contributed by atoms with Crippen LogP contribution >= 0.6 is 0 Å². The zero-order valence-electron chi connectivity index (χ0n) is 10.8. The van der Waals surface area contributed by atoms with Gasteiger partial charge in [-0.15, -0.1) is 0 Å². The van der Waals surface area contributed by atoms with Gasteiger partial charge in [-0.1, -0.05) is 6.07 Å². The van der Waals surface area contributed by atoms with Crippen LogP contribution in [0.2, 0.25) is 0 Å². The molecule has 0 radical (unpaired) electrons. The summed E-state index contributed by atoms with van der Waals surface area (Å²) in [5, 5.41) is 8.50. The van der Waals surface area contributed by atoms with Crippen molar-refractivity contribution in [2.75, 3.05) is 25.6 Å².